The third-order valence-electron chi connectivity index (χ3n) is 6.38. The van der Waals surface area contributed by atoms with Gasteiger partial charge in [-0.2, -0.15) is 0 Å². The number of thioether (sulfide) groups is 1. The third kappa shape index (κ3) is 6.11. The molecule has 2 aromatic carbocycles. The van der Waals surface area contributed by atoms with E-state index in [1.807, 2.05) is 50.2 Å². The molecule has 0 spiro atoms. The smallest absolute Gasteiger partial charge is 0.408 e. The van der Waals surface area contributed by atoms with Gasteiger partial charge in [0, 0.05) is 4.75 Å². The molecule has 2 aliphatic heterocycles. The topological polar surface area (TPSA) is 131 Å². The molecule has 0 radical (unpaired) electrons. The summed E-state index contributed by atoms with van der Waals surface area (Å²) in [6.07, 6.45) is -0.888. The summed E-state index contributed by atoms with van der Waals surface area (Å²) < 4.78 is 15.2. The Kier molecular flexibility index (Phi) is 8.58. The van der Waals surface area contributed by atoms with Crippen molar-refractivity contribution in [1.82, 2.24) is 10.2 Å². The highest BCUT2D eigenvalue weighted by atomic mass is 32.2. The van der Waals surface area contributed by atoms with E-state index in [2.05, 4.69) is 5.32 Å². The predicted octanol–water partition coefficient (Wildman–Crippen LogP) is 2.24. The van der Waals surface area contributed by atoms with Gasteiger partial charge in [0.05, 0.1) is 12.0 Å². The molecule has 0 aromatic heterocycles. The Labute approximate surface area is 224 Å². The van der Waals surface area contributed by atoms with Gasteiger partial charge in [-0.15, -0.1) is 11.8 Å². The molecule has 11 heteroatoms. The number of β-lactam (4-membered cyclic amide) rings is 1. The number of esters is 2. The van der Waals surface area contributed by atoms with Gasteiger partial charge >= 0.3 is 18.0 Å². The Morgan fingerprint density at radius 3 is 2.13 bits per heavy atom. The van der Waals surface area contributed by atoms with E-state index >= 15 is 0 Å². The lowest BCUT2D eigenvalue weighted by Crippen LogP contribution is -2.64. The molecule has 2 amide bonds. The number of carbonyl (C=O) groups is 4. The number of nitrogens with one attached hydrogen (secondary N) is 1. The molecule has 0 bridgehead atoms. The normalized spacial score (nSPS) is 22.0. The minimum Gasteiger partial charge on any atom is -0.463 e. The number of carbonyl (C=O) groups excluding carboxylic acids is 4. The number of alkyl carbamates (subject to hydrolysis) is 1. The van der Waals surface area contributed by atoms with Crippen molar-refractivity contribution in [3.05, 3.63) is 71.8 Å². The standard InChI is InChI=1S/C27H30N2O8S/c1-27(2)21(25(33)35-14-17-9-5-3-6-10-17)29-22(31)19(23(29)38-27)16-36-24(32)20(13-30)28-26(34)37-15-18-11-7-4-8-12-18/h3-12,19-21,23,30H,13-16H2,1-2H3,(H,28,34)/t19-,20+,21+,23-/m1/s1. The maximum absolute atomic E-state index is 12.9. The number of ether oxygens (including phenoxy) is 3. The van der Waals surface area contributed by atoms with E-state index in [1.165, 1.54) is 16.7 Å². The second-order valence-electron chi connectivity index (χ2n) is 9.53. The van der Waals surface area contributed by atoms with Crippen LogP contribution in [-0.2, 0) is 41.8 Å². The molecular formula is C27H30N2O8S. The van der Waals surface area contributed by atoms with E-state index in [1.54, 1.807) is 24.3 Å². The first-order valence-electron chi connectivity index (χ1n) is 12.2. The number of benzene rings is 2. The van der Waals surface area contributed by atoms with Crippen LogP contribution in [0.4, 0.5) is 4.79 Å². The number of aliphatic hydroxyl groups is 1. The fourth-order valence-corrected chi connectivity index (χ4v) is 6.05. The van der Waals surface area contributed by atoms with Crippen molar-refractivity contribution >= 4 is 35.7 Å². The van der Waals surface area contributed by atoms with Gasteiger partial charge in [0.2, 0.25) is 5.91 Å². The Morgan fingerprint density at radius 1 is 0.974 bits per heavy atom. The van der Waals surface area contributed by atoms with Gasteiger partial charge in [0.25, 0.3) is 0 Å². The van der Waals surface area contributed by atoms with Gasteiger partial charge in [-0.1, -0.05) is 60.7 Å². The number of hydrogen-bond donors (Lipinski definition) is 2. The van der Waals surface area contributed by atoms with Gasteiger partial charge in [0.1, 0.15) is 31.8 Å². The minimum atomic E-state index is -1.35. The van der Waals surface area contributed by atoms with Gasteiger partial charge in [0.15, 0.2) is 6.04 Å². The average molecular weight is 543 g/mol. The summed E-state index contributed by atoms with van der Waals surface area (Å²) in [4.78, 5) is 51.9. The van der Waals surface area contributed by atoms with Crippen LogP contribution in [0, 0.1) is 5.92 Å². The molecule has 0 unspecified atom stereocenters. The largest absolute Gasteiger partial charge is 0.463 e. The molecule has 2 heterocycles. The Balaban J connectivity index is 1.27. The lowest BCUT2D eigenvalue weighted by molar-refractivity contribution is -0.172. The fraction of sp³-hybridized carbons (Fsp3) is 0.407. The van der Waals surface area contributed by atoms with Crippen LogP contribution in [0.15, 0.2) is 60.7 Å². The molecular weight excluding hydrogens is 512 g/mol. The fourth-order valence-electron chi connectivity index (χ4n) is 4.39. The summed E-state index contributed by atoms with van der Waals surface area (Å²) in [5, 5.41) is 11.5. The highest BCUT2D eigenvalue weighted by molar-refractivity contribution is 8.01. The predicted molar refractivity (Wildman–Crippen MR) is 137 cm³/mol. The monoisotopic (exact) mass is 542 g/mol. The van der Waals surface area contributed by atoms with Crippen LogP contribution < -0.4 is 5.32 Å². The van der Waals surface area contributed by atoms with Crippen molar-refractivity contribution in [3.8, 4) is 0 Å². The molecule has 2 N–H and O–H groups in total. The van der Waals surface area contributed by atoms with Crippen LogP contribution in [0.3, 0.4) is 0 Å². The van der Waals surface area contributed by atoms with E-state index in [0.29, 0.717) is 0 Å². The van der Waals surface area contributed by atoms with E-state index in [4.69, 9.17) is 14.2 Å². The SMILES string of the molecule is CC1(C)S[C@@H]2[C@H](COC(=O)[C@H](CO)NC(=O)OCc3ccccc3)C(=O)N2[C@H]1C(=O)OCc1ccccc1. The molecule has 10 nitrogen and oxygen atoms in total. The summed E-state index contributed by atoms with van der Waals surface area (Å²) in [5.41, 5.74) is 1.61. The van der Waals surface area contributed by atoms with Crippen molar-refractivity contribution in [2.24, 2.45) is 5.92 Å². The van der Waals surface area contributed by atoms with E-state index in [-0.39, 0.29) is 31.1 Å². The molecule has 2 aromatic rings. The van der Waals surface area contributed by atoms with E-state index in [0.717, 1.165) is 11.1 Å². The lowest BCUT2D eigenvalue weighted by atomic mass is 9.92. The molecule has 2 fully saturated rings. The molecule has 4 rings (SSSR count). The molecule has 2 aliphatic rings. The zero-order valence-corrected chi connectivity index (χ0v) is 21.9. The van der Waals surface area contributed by atoms with Gasteiger partial charge < -0.3 is 29.5 Å². The van der Waals surface area contributed by atoms with Crippen LogP contribution in [0.1, 0.15) is 25.0 Å². The molecule has 4 atom stereocenters. The second kappa shape index (κ2) is 11.9. The molecule has 0 saturated carbocycles. The van der Waals surface area contributed by atoms with Crippen molar-refractivity contribution in [2.75, 3.05) is 13.2 Å². The number of fused-ring (bicyclic) bond motifs is 1. The highest BCUT2D eigenvalue weighted by Gasteiger charge is 2.64. The molecule has 2 saturated heterocycles. The van der Waals surface area contributed by atoms with E-state index in [9.17, 15) is 24.3 Å². The molecule has 0 aliphatic carbocycles. The molecule has 38 heavy (non-hydrogen) atoms. The maximum Gasteiger partial charge on any atom is 0.408 e. The first-order valence-corrected chi connectivity index (χ1v) is 13.0. The van der Waals surface area contributed by atoms with E-state index < -0.39 is 47.4 Å². The van der Waals surface area contributed by atoms with Gasteiger partial charge in [-0.05, 0) is 25.0 Å². The Bertz CT molecular complexity index is 1160. The van der Waals surface area contributed by atoms with Crippen LogP contribution in [-0.4, -0.2) is 69.4 Å². The zero-order chi connectivity index (χ0) is 27.3. The summed E-state index contributed by atoms with van der Waals surface area (Å²) in [6, 6.07) is 16.1. The highest BCUT2D eigenvalue weighted by Crippen LogP contribution is 2.53. The summed E-state index contributed by atoms with van der Waals surface area (Å²) >= 11 is 1.44. The quantitative estimate of drug-likeness (QED) is 0.264. The average Bonchev–Trinajstić information content (AvgIpc) is 3.17. The van der Waals surface area contributed by atoms with Crippen molar-refractivity contribution in [1.29, 1.82) is 0 Å². The Hall–Kier alpha value is -3.57. The minimum absolute atomic E-state index is 0.00405. The van der Waals surface area contributed by atoms with Crippen molar-refractivity contribution < 1.29 is 38.5 Å². The lowest BCUT2D eigenvalue weighted by Gasteiger charge is -2.43. The van der Waals surface area contributed by atoms with Gasteiger partial charge in [-0.25, -0.2) is 14.4 Å². The van der Waals surface area contributed by atoms with Crippen LogP contribution >= 0.6 is 11.8 Å². The van der Waals surface area contributed by atoms with Crippen LogP contribution in [0.25, 0.3) is 0 Å². The van der Waals surface area contributed by atoms with Gasteiger partial charge in [-0.3, -0.25) is 4.79 Å². The first kappa shape index (κ1) is 27.5. The number of aliphatic hydroxyl groups excluding tert-OH is 1. The number of nitrogens with zero attached hydrogens (tertiary/aromatic N) is 1. The summed E-state index contributed by atoms with van der Waals surface area (Å²) in [5.74, 6) is -2.36. The third-order valence-corrected chi connectivity index (χ3v) is 8.00. The molecule has 202 valence electrons. The summed E-state index contributed by atoms with van der Waals surface area (Å²) in [7, 11) is 0. The van der Waals surface area contributed by atoms with Crippen molar-refractivity contribution in [2.45, 2.75) is 49.3 Å². The first-order chi connectivity index (χ1) is 18.2. The van der Waals surface area contributed by atoms with Crippen LogP contribution in [0.2, 0.25) is 0 Å². The van der Waals surface area contributed by atoms with Crippen LogP contribution in [0.5, 0.6) is 0 Å². The number of hydrogen-bond acceptors (Lipinski definition) is 9. The second-order valence-corrected chi connectivity index (χ2v) is 11.3. The Morgan fingerprint density at radius 2 is 1.55 bits per heavy atom. The maximum atomic E-state index is 12.9. The number of amides is 2. The summed E-state index contributed by atoms with van der Waals surface area (Å²) in [6.45, 7) is 2.89. The number of rotatable bonds is 10. The zero-order valence-electron chi connectivity index (χ0n) is 21.1. The van der Waals surface area contributed by atoms with Crippen molar-refractivity contribution in [3.63, 3.8) is 0 Å².